The summed E-state index contributed by atoms with van der Waals surface area (Å²) in [7, 11) is 0. The summed E-state index contributed by atoms with van der Waals surface area (Å²) < 4.78 is 0. The largest absolute Gasteiger partial charge is 0.0906 e. The van der Waals surface area contributed by atoms with Gasteiger partial charge in [0.25, 0.3) is 0 Å². The first-order valence-electron chi connectivity index (χ1n) is 15.9. The van der Waals surface area contributed by atoms with Crippen LogP contribution in [0.5, 0.6) is 0 Å². The van der Waals surface area contributed by atoms with Crippen LogP contribution in [0.3, 0.4) is 0 Å². The summed E-state index contributed by atoms with van der Waals surface area (Å²) in [5, 5.41) is 15.8. The molecule has 0 heteroatoms. The summed E-state index contributed by atoms with van der Waals surface area (Å²) >= 11 is 0. The van der Waals surface area contributed by atoms with Crippen LogP contribution in [0.1, 0.15) is 11.1 Å². The Labute approximate surface area is 267 Å². The van der Waals surface area contributed by atoms with Crippen molar-refractivity contribution in [2.24, 2.45) is 0 Å². The van der Waals surface area contributed by atoms with Gasteiger partial charge in [-0.3, -0.25) is 0 Å². The Bertz CT molecular complexity index is 2550. The van der Waals surface area contributed by atoms with Gasteiger partial charge in [0.1, 0.15) is 0 Å². The SMILES string of the molecule is C=C(c1ccc(-c2ccc3ccc4cccc5ccc2c3c45)cc1)c1ccc(-c2ccc3ccc4cccc5ccc2c3c45)cc1. The minimum Gasteiger partial charge on any atom is -0.0906 e. The third kappa shape index (κ3) is 3.62. The van der Waals surface area contributed by atoms with Crippen LogP contribution in [0.15, 0.2) is 164 Å². The van der Waals surface area contributed by atoms with Crippen LogP contribution >= 0.6 is 0 Å². The van der Waals surface area contributed by atoms with Gasteiger partial charge in [-0.05, 0) is 104 Å². The van der Waals surface area contributed by atoms with Crippen molar-refractivity contribution in [1.29, 1.82) is 0 Å². The van der Waals surface area contributed by atoms with Crippen molar-refractivity contribution >= 4 is 70.2 Å². The van der Waals surface area contributed by atoms with Gasteiger partial charge in [0.05, 0.1) is 0 Å². The van der Waals surface area contributed by atoms with E-state index in [1.165, 1.54) is 86.9 Å². The molecule has 10 aromatic rings. The molecule has 10 rings (SSSR count). The summed E-state index contributed by atoms with van der Waals surface area (Å²) in [6, 6.07) is 58.1. The summed E-state index contributed by atoms with van der Waals surface area (Å²) in [4.78, 5) is 0. The molecule has 0 heterocycles. The monoisotopic (exact) mass is 580 g/mol. The van der Waals surface area contributed by atoms with E-state index >= 15 is 0 Å². The van der Waals surface area contributed by atoms with Gasteiger partial charge in [-0.25, -0.2) is 0 Å². The lowest BCUT2D eigenvalue weighted by molar-refractivity contribution is 1.55. The molecule has 0 aromatic heterocycles. The second kappa shape index (κ2) is 9.51. The van der Waals surface area contributed by atoms with Gasteiger partial charge in [0, 0.05) is 0 Å². The normalized spacial score (nSPS) is 12.0. The van der Waals surface area contributed by atoms with E-state index in [1.54, 1.807) is 0 Å². The third-order valence-electron chi connectivity index (χ3n) is 10.1. The van der Waals surface area contributed by atoms with Gasteiger partial charge >= 0.3 is 0 Å². The van der Waals surface area contributed by atoms with Gasteiger partial charge < -0.3 is 0 Å². The Balaban J connectivity index is 0.992. The topological polar surface area (TPSA) is 0 Å². The van der Waals surface area contributed by atoms with E-state index in [0.29, 0.717) is 0 Å². The molecule has 46 heavy (non-hydrogen) atoms. The summed E-state index contributed by atoms with van der Waals surface area (Å²) in [5.41, 5.74) is 8.27. The molecule has 0 atom stereocenters. The number of hydrogen-bond donors (Lipinski definition) is 0. The van der Waals surface area contributed by atoms with Crippen LogP contribution in [0.2, 0.25) is 0 Å². The average molecular weight is 581 g/mol. The van der Waals surface area contributed by atoms with E-state index in [-0.39, 0.29) is 0 Å². The quantitative estimate of drug-likeness (QED) is 0.182. The minimum atomic E-state index is 1.03. The molecule has 0 saturated carbocycles. The van der Waals surface area contributed by atoms with Crippen LogP contribution in [0.25, 0.3) is 92.5 Å². The molecule has 0 spiro atoms. The fourth-order valence-corrected chi connectivity index (χ4v) is 7.84. The molecular formula is C46H28. The second-order valence-electron chi connectivity index (χ2n) is 12.6. The fourth-order valence-electron chi connectivity index (χ4n) is 7.84. The predicted octanol–water partition coefficient (Wildman–Crippen LogP) is 12.9. The maximum atomic E-state index is 4.51. The van der Waals surface area contributed by atoms with E-state index in [4.69, 9.17) is 0 Å². The van der Waals surface area contributed by atoms with Crippen LogP contribution in [-0.2, 0) is 0 Å². The highest BCUT2D eigenvalue weighted by molar-refractivity contribution is 6.26. The first kappa shape index (κ1) is 25.4. The van der Waals surface area contributed by atoms with Gasteiger partial charge in [-0.2, -0.15) is 0 Å². The van der Waals surface area contributed by atoms with Gasteiger partial charge in [0.2, 0.25) is 0 Å². The van der Waals surface area contributed by atoms with Crippen LogP contribution in [0, 0.1) is 0 Å². The molecule has 0 unspecified atom stereocenters. The first-order chi connectivity index (χ1) is 22.7. The first-order valence-corrected chi connectivity index (χ1v) is 15.9. The Hall–Kier alpha value is -5.98. The molecule has 0 fully saturated rings. The molecule has 0 aliphatic rings. The second-order valence-corrected chi connectivity index (χ2v) is 12.6. The molecule has 0 bridgehead atoms. The zero-order valence-electron chi connectivity index (χ0n) is 25.2. The molecule has 0 radical (unpaired) electrons. The van der Waals surface area contributed by atoms with Crippen molar-refractivity contribution in [3.8, 4) is 22.3 Å². The Morgan fingerprint density at radius 1 is 0.304 bits per heavy atom. The van der Waals surface area contributed by atoms with E-state index in [0.717, 1.165) is 16.7 Å². The van der Waals surface area contributed by atoms with Crippen molar-refractivity contribution in [2.45, 2.75) is 0 Å². The van der Waals surface area contributed by atoms with Crippen molar-refractivity contribution in [3.63, 3.8) is 0 Å². The molecule has 10 aromatic carbocycles. The lowest BCUT2D eigenvalue weighted by atomic mass is 9.88. The van der Waals surface area contributed by atoms with Crippen molar-refractivity contribution in [1.82, 2.24) is 0 Å². The standard InChI is InChI=1S/C46H28/c1-28(29-8-12-31(13-9-29)39-24-20-37-18-16-33-4-2-6-35-22-26-41(39)45(37)43(33)35)30-10-14-32(15-11-30)40-25-21-38-19-17-34-5-3-7-36-23-27-42(40)46(38)44(34)36/h2-27H,1H2. The average Bonchev–Trinajstić information content (AvgIpc) is 3.12. The molecule has 0 amide bonds. The lowest BCUT2D eigenvalue weighted by Crippen LogP contribution is -1.90. The van der Waals surface area contributed by atoms with Crippen molar-refractivity contribution < 1.29 is 0 Å². The maximum Gasteiger partial charge on any atom is -0.00206 e. The predicted molar refractivity (Wildman–Crippen MR) is 199 cm³/mol. The van der Waals surface area contributed by atoms with Gasteiger partial charge in [-0.15, -0.1) is 0 Å². The Morgan fingerprint density at radius 3 is 1.02 bits per heavy atom. The smallest absolute Gasteiger partial charge is 0.00206 e. The molecule has 0 nitrogen and oxygen atoms in total. The highest BCUT2D eigenvalue weighted by Crippen LogP contribution is 2.41. The highest BCUT2D eigenvalue weighted by Gasteiger charge is 2.14. The minimum absolute atomic E-state index is 1.03. The van der Waals surface area contributed by atoms with Crippen molar-refractivity contribution in [2.75, 3.05) is 0 Å². The van der Waals surface area contributed by atoms with E-state index in [1.807, 2.05) is 0 Å². The number of rotatable bonds is 4. The van der Waals surface area contributed by atoms with Crippen LogP contribution in [0.4, 0.5) is 0 Å². The van der Waals surface area contributed by atoms with Crippen molar-refractivity contribution in [3.05, 3.63) is 175 Å². The fraction of sp³-hybridized carbons (Fsp3) is 0. The number of hydrogen-bond acceptors (Lipinski definition) is 0. The Kier molecular flexibility index (Phi) is 5.24. The molecule has 0 aliphatic carbocycles. The molecule has 0 aliphatic heterocycles. The highest BCUT2D eigenvalue weighted by atomic mass is 14.2. The maximum absolute atomic E-state index is 4.51. The van der Waals surface area contributed by atoms with Gasteiger partial charge in [0.15, 0.2) is 0 Å². The number of benzene rings is 10. The molecule has 212 valence electrons. The zero-order chi connectivity index (χ0) is 30.4. The van der Waals surface area contributed by atoms with Crippen LogP contribution < -0.4 is 0 Å². The van der Waals surface area contributed by atoms with Gasteiger partial charge in [-0.1, -0.05) is 164 Å². The summed E-state index contributed by atoms with van der Waals surface area (Å²) in [5.74, 6) is 0. The zero-order valence-corrected chi connectivity index (χ0v) is 25.2. The molecule has 0 N–H and O–H groups in total. The molecule has 0 saturated heterocycles. The third-order valence-corrected chi connectivity index (χ3v) is 10.1. The van der Waals surface area contributed by atoms with E-state index in [9.17, 15) is 0 Å². The van der Waals surface area contributed by atoms with E-state index in [2.05, 4.69) is 164 Å². The summed E-state index contributed by atoms with van der Waals surface area (Å²) in [6.45, 7) is 4.51. The lowest BCUT2D eigenvalue weighted by Gasteiger charge is -2.15. The van der Waals surface area contributed by atoms with E-state index < -0.39 is 0 Å². The Morgan fingerprint density at radius 2 is 0.630 bits per heavy atom. The molecular weight excluding hydrogens is 553 g/mol. The summed E-state index contributed by atoms with van der Waals surface area (Å²) in [6.07, 6.45) is 0. The van der Waals surface area contributed by atoms with Crippen LogP contribution in [-0.4, -0.2) is 0 Å².